The lowest BCUT2D eigenvalue weighted by Gasteiger charge is -2.15. The molecule has 0 aliphatic carbocycles. The van der Waals surface area contributed by atoms with Gasteiger partial charge >= 0.3 is 0 Å². The molecule has 0 saturated heterocycles. The molecule has 242 valence electrons. The molecule has 1 heteroatoms. The molecule has 0 radical (unpaired) electrons. The normalized spacial score (nSPS) is 11.7. The minimum atomic E-state index is 1.02. The number of alkyl halides is 1. The average Bonchev–Trinajstić information content (AvgIpc) is 2.96. The molecule has 0 atom stereocenters. The van der Waals surface area contributed by atoms with Gasteiger partial charge in [0.15, 0.2) is 0 Å². The van der Waals surface area contributed by atoms with Crippen LogP contribution >= 0.6 is 22.6 Å². The minimum Gasteiger partial charge on any atom is -0.0864 e. The van der Waals surface area contributed by atoms with Crippen LogP contribution in [0.3, 0.4) is 0 Å². The zero-order chi connectivity index (χ0) is 29.0. The van der Waals surface area contributed by atoms with E-state index in [-0.39, 0.29) is 0 Å². The van der Waals surface area contributed by atoms with Crippen molar-refractivity contribution in [3.63, 3.8) is 0 Å². The molecule has 0 aliphatic heterocycles. The zero-order valence-corrected chi connectivity index (χ0v) is 30.6. The van der Waals surface area contributed by atoms with Crippen LogP contribution in [-0.4, -0.2) is 4.43 Å². The van der Waals surface area contributed by atoms with Crippen molar-refractivity contribution in [2.75, 3.05) is 4.43 Å². The Hall–Kier alpha value is 0.730. The molecule has 0 aromatic heterocycles. The highest BCUT2D eigenvalue weighted by molar-refractivity contribution is 14.1. The quantitative estimate of drug-likeness (QED) is 0.0352. The van der Waals surface area contributed by atoms with E-state index in [1.807, 2.05) is 0 Å². The Balaban J connectivity index is 3.35. The first kappa shape index (κ1) is 40.7. The van der Waals surface area contributed by atoms with Gasteiger partial charge in [0.1, 0.15) is 0 Å². The Labute approximate surface area is 270 Å². The third kappa shape index (κ3) is 34.9. The van der Waals surface area contributed by atoms with Crippen molar-refractivity contribution >= 4 is 22.6 Å². The molecule has 0 heterocycles. The maximum absolute atomic E-state index is 2.61. The molecule has 0 bridgehead atoms. The fraction of sp³-hybridized carbons (Fsp3) is 1.00. The third-order valence-electron chi connectivity index (χ3n) is 9.45. The van der Waals surface area contributed by atoms with Crippen LogP contribution in [0.1, 0.15) is 239 Å². The number of rotatable bonds is 36. The lowest BCUT2D eigenvalue weighted by Crippen LogP contribution is -2.02. The van der Waals surface area contributed by atoms with Crippen molar-refractivity contribution in [2.45, 2.75) is 239 Å². The lowest BCUT2D eigenvalue weighted by atomic mass is 9.92. The summed E-state index contributed by atoms with van der Waals surface area (Å²) in [6, 6.07) is 0. The highest BCUT2D eigenvalue weighted by atomic mass is 127. The second-order valence-corrected chi connectivity index (χ2v) is 14.6. The number of hydrogen-bond acceptors (Lipinski definition) is 0. The highest BCUT2D eigenvalue weighted by Crippen LogP contribution is 2.23. The van der Waals surface area contributed by atoms with E-state index in [1.165, 1.54) is 229 Å². The molecule has 0 saturated carbocycles. The van der Waals surface area contributed by atoms with Crippen LogP contribution in [-0.2, 0) is 0 Å². The molecule has 40 heavy (non-hydrogen) atoms. The fourth-order valence-electron chi connectivity index (χ4n) is 6.55. The third-order valence-corrected chi connectivity index (χ3v) is 10.1. The summed E-state index contributed by atoms with van der Waals surface area (Å²) in [7, 11) is 0. The van der Waals surface area contributed by atoms with Crippen LogP contribution < -0.4 is 0 Å². The van der Waals surface area contributed by atoms with Crippen molar-refractivity contribution < 1.29 is 0 Å². The van der Waals surface area contributed by atoms with E-state index in [9.17, 15) is 0 Å². The monoisotopic (exact) mass is 675 g/mol. The van der Waals surface area contributed by atoms with E-state index in [1.54, 1.807) is 0 Å². The molecule has 0 aliphatic rings. The van der Waals surface area contributed by atoms with Gasteiger partial charge in [-0.15, -0.1) is 0 Å². The van der Waals surface area contributed by atoms with Gasteiger partial charge in [-0.2, -0.15) is 0 Å². The smallest absolute Gasteiger partial charge is 0.000209 e. The Kier molecular flexibility index (Phi) is 38.4. The van der Waals surface area contributed by atoms with E-state index in [0.717, 1.165) is 5.92 Å². The van der Waals surface area contributed by atoms with Gasteiger partial charge in [-0.1, -0.05) is 255 Å². The van der Waals surface area contributed by atoms with Gasteiger partial charge in [0.2, 0.25) is 0 Å². The second kappa shape index (κ2) is 37.8. The van der Waals surface area contributed by atoms with Gasteiger partial charge < -0.3 is 0 Å². The van der Waals surface area contributed by atoms with Crippen LogP contribution in [0, 0.1) is 5.92 Å². The summed E-state index contributed by atoms with van der Waals surface area (Å²) in [6.07, 6.45) is 51.8. The van der Waals surface area contributed by atoms with Crippen LogP contribution in [0.5, 0.6) is 0 Å². The lowest BCUT2D eigenvalue weighted by molar-refractivity contribution is 0.395. The summed E-state index contributed by atoms with van der Waals surface area (Å²) in [6.45, 7) is 4.62. The van der Waals surface area contributed by atoms with Crippen molar-refractivity contribution in [2.24, 2.45) is 5.92 Å². The van der Waals surface area contributed by atoms with Gasteiger partial charge in [-0.3, -0.25) is 0 Å². The summed E-state index contributed by atoms with van der Waals surface area (Å²) in [5, 5.41) is 0. The van der Waals surface area contributed by atoms with Gasteiger partial charge in [0.05, 0.1) is 0 Å². The maximum Gasteiger partial charge on any atom is -0.000209 e. The molecule has 0 aromatic carbocycles. The molecule has 0 amide bonds. The Morgan fingerprint density at radius 3 is 0.675 bits per heavy atom. The predicted molar refractivity (Wildman–Crippen MR) is 195 cm³/mol. The molecule has 0 fully saturated rings. The van der Waals surface area contributed by atoms with E-state index < -0.39 is 0 Å². The second-order valence-electron chi connectivity index (χ2n) is 13.5. The Bertz CT molecular complexity index is 383. The van der Waals surface area contributed by atoms with E-state index in [4.69, 9.17) is 0 Å². The van der Waals surface area contributed by atoms with Crippen molar-refractivity contribution in [1.82, 2.24) is 0 Å². The van der Waals surface area contributed by atoms with Crippen LogP contribution in [0.25, 0.3) is 0 Å². The Morgan fingerprint density at radius 1 is 0.275 bits per heavy atom. The van der Waals surface area contributed by atoms with Crippen LogP contribution in [0.4, 0.5) is 0 Å². The average molecular weight is 675 g/mol. The van der Waals surface area contributed by atoms with Gasteiger partial charge in [0, 0.05) is 0 Å². The molecule has 0 nitrogen and oxygen atoms in total. The van der Waals surface area contributed by atoms with Gasteiger partial charge in [-0.25, -0.2) is 0 Å². The molecular weight excluding hydrogens is 595 g/mol. The standard InChI is InChI=1S/C39H79I/c1-3-5-7-9-11-13-15-17-19-21-23-25-27-29-31-33-35-39(37-38-40)36-34-32-30-28-26-24-22-20-18-16-14-12-10-8-6-4-2/h39H,3-38H2,1-2H3. The largest absolute Gasteiger partial charge is 0.0864 e. The van der Waals surface area contributed by atoms with Crippen LogP contribution in [0.2, 0.25) is 0 Å². The van der Waals surface area contributed by atoms with Crippen LogP contribution in [0.15, 0.2) is 0 Å². The topological polar surface area (TPSA) is 0 Å². The summed E-state index contributed by atoms with van der Waals surface area (Å²) < 4.78 is 1.36. The van der Waals surface area contributed by atoms with E-state index >= 15 is 0 Å². The fourth-order valence-corrected chi connectivity index (χ4v) is 7.43. The van der Waals surface area contributed by atoms with E-state index in [0.29, 0.717) is 0 Å². The van der Waals surface area contributed by atoms with Crippen molar-refractivity contribution in [3.05, 3.63) is 0 Å². The van der Waals surface area contributed by atoms with Crippen molar-refractivity contribution in [3.8, 4) is 0 Å². The first-order valence-corrected chi connectivity index (χ1v) is 20.9. The molecule has 0 aromatic rings. The van der Waals surface area contributed by atoms with Crippen molar-refractivity contribution in [1.29, 1.82) is 0 Å². The summed E-state index contributed by atoms with van der Waals surface area (Å²) >= 11 is 2.61. The summed E-state index contributed by atoms with van der Waals surface area (Å²) in [5.41, 5.74) is 0. The summed E-state index contributed by atoms with van der Waals surface area (Å²) in [4.78, 5) is 0. The maximum atomic E-state index is 2.61. The Morgan fingerprint density at radius 2 is 0.475 bits per heavy atom. The highest BCUT2D eigenvalue weighted by Gasteiger charge is 2.08. The number of halogens is 1. The minimum absolute atomic E-state index is 1.02. The molecule has 0 rings (SSSR count). The van der Waals surface area contributed by atoms with Gasteiger partial charge in [-0.05, 0) is 16.8 Å². The zero-order valence-electron chi connectivity index (χ0n) is 28.4. The van der Waals surface area contributed by atoms with Gasteiger partial charge in [0.25, 0.3) is 0 Å². The molecule has 0 unspecified atom stereocenters. The first-order chi connectivity index (χ1) is 19.8. The molecule has 0 spiro atoms. The SMILES string of the molecule is CCCCCCCCCCCCCCCCCCC(CCI)CCCCCCCCCCCCCCCCCC. The molecule has 0 N–H and O–H groups in total. The first-order valence-electron chi connectivity index (χ1n) is 19.4. The van der Waals surface area contributed by atoms with E-state index in [2.05, 4.69) is 36.4 Å². The molecular formula is C39H79I. The predicted octanol–water partition coefficient (Wildman–Crippen LogP) is 15.7. The number of hydrogen-bond donors (Lipinski definition) is 0. The number of unbranched alkanes of at least 4 members (excludes halogenated alkanes) is 30. The summed E-state index contributed by atoms with van der Waals surface area (Å²) in [5.74, 6) is 1.02.